The molecular weight excluding hydrogens is 620 g/mol. The summed E-state index contributed by atoms with van der Waals surface area (Å²) < 4.78 is 29.6. The molecule has 0 radical (unpaired) electrons. The predicted molar refractivity (Wildman–Crippen MR) is 174 cm³/mol. The van der Waals surface area contributed by atoms with Gasteiger partial charge in [0.2, 0.25) is 0 Å². The Balaban J connectivity index is 1.93. The van der Waals surface area contributed by atoms with Crippen molar-refractivity contribution in [2.75, 3.05) is 0 Å². The van der Waals surface area contributed by atoms with E-state index in [4.69, 9.17) is 23.7 Å². The fourth-order valence-corrected chi connectivity index (χ4v) is 7.95. The normalized spacial score (nSPS) is 32.6. The van der Waals surface area contributed by atoms with E-state index >= 15 is 0 Å². The Kier molecular flexibility index (Phi) is 10.4. The molecule has 0 amide bonds. The van der Waals surface area contributed by atoms with Gasteiger partial charge in [-0.2, -0.15) is 0 Å². The van der Waals surface area contributed by atoms with Crippen molar-refractivity contribution in [3.05, 3.63) is 65.3 Å². The highest BCUT2D eigenvalue weighted by atomic mass is 16.6. The number of rotatable bonds is 7. The van der Waals surface area contributed by atoms with Gasteiger partial charge >= 0.3 is 29.8 Å². The van der Waals surface area contributed by atoms with Gasteiger partial charge in [-0.15, -0.1) is 0 Å². The summed E-state index contributed by atoms with van der Waals surface area (Å²) in [6.45, 7) is 16.3. The van der Waals surface area contributed by atoms with Crippen molar-refractivity contribution in [3.63, 3.8) is 0 Å². The topological polar surface area (TPSA) is 152 Å². The number of ether oxygens (including phenoxy) is 5. The van der Waals surface area contributed by atoms with Gasteiger partial charge in [0.15, 0.2) is 12.2 Å². The predicted octanol–water partition coefficient (Wildman–Crippen LogP) is 4.80. The summed E-state index contributed by atoms with van der Waals surface area (Å²) in [6, 6.07) is 9.18. The maximum atomic E-state index is 13.1. The number of benzene rings is 1. The Labute approximate surface area is 281 Å². The van der Waals surface area contributed by atoms with Crippen molar-refractivity contribution in [1.29, 1.82) is 0 Å². The van der Waals surface area contributed by atoms with Gasteiger partial charge in [0.1, 0.15) is 18.3 Å². The summed E-state index contributed by atoms with van der Waals surface area (Å²) in [5, 5.41) is 12.7. The molecule has 48 heavy (non-hydrogen) atoms. The number of fused-ring (bicyclic) bond motifs is 3. The number of aliphatic hydroxyl groups is 1. The molecule has 0 aliphatic heterocycles. The van der Waals surface area contributed by atoms with Crippen molar-refractivity contribution in [2.45, 2.75) is 111 Å². The van der Waals surface area contributed by atoms with Crippen LogP contribution in [0.4, 0.5) is 0 Å². The third kappa shape index (κ3) is 6.97. The minimum absolute atomic E-state index is 0.0116. The summed E-state index contributed by atoms with van der Waals surface area (Å²) in [4.78, 5) is 63.6. The second-order valence-electron chi connectivity index (χ2n) is 13.8. The molecule has 4 rings (SSSR count). The highest BCUT2D eigenvalue weighted by Gasteiger charge is 2.67. The minimum atomic E-state index is -1.63. The maximum absolute atomic E-state index is 13.1. The molecule has 8 atom stereocenters. The van der Waals surface area contributed by atoms with Gasteiger partial charge in [-0.1, -0.05) is 57.7 Å². The molecule has 3 aliphatic rings. The van der Waals surface area contributed by atoms with Crippen LogP contribution in [-0.4, -0.2) is 71.1 Å². The lowest BCUT2D eigenvalue weighted by atomic mass is 9.48. The van der Waals surface area contributed by atoms with Crippen molar-refractivity contribution >= 4 is 35.9 Å². The fourth-order valence-electron chi connectivity index (χ4n) is 7.95. The summed E-state index contributed by atoms with van der Waals surface area (Å²) in [5.41, 5.74) is -1.98. The molecule has 8 unspecified atom stereocenters. The van der Waals surface area contributed by atoms with E-state index < -0.39 is 82.7 Å². The first-order valence-corrected chi connectivity index (χ1v) is 16.1. The maximum Gasteiger partial charge on any atom is 0.331 e. The lowest BCUT2D eigenvalue weighted by Gasteiger charge is -2.61. The van der Waals surface area contributed by atoms with Crippen LogP contribution in [-0.2, 0) is 47.7 Å². The van der Waals surface area contributed by atoms with E-state index in [0.29, 0.717) is 16.7 Å². The quantitative estimate of drug-likeness (QED) is 0.185. The van der Waals surface area contributed by atoms with Crippen LogP contribution >= 0.6 is 0 Å². The van der Waals surface area contributed by atoms with Crippen molar-refractivity contribution in [2.24, 2.45) is 16.7 Å². The Morgan fingerprint density at radius 1 is 0.812 bits per heavy atom. The fraction of sp³-hybridized carbons (Fsp3) is 0.541. The van der Waals surface area contributed by atoms with Crippen LogP contribution in [0.3, 0.4) is 0 Å². The molecule has 1 aromatic carbocycles. The molecule has 1 aromatic rings. The van der Waals surface area contributed by atoms with Gasteiger partial charge in [0, 0.05) is 52.0 Å². The first kappa shape index (κ1) is 36.6. The summed E-state index contributed by atoms with van der Waals surface area (Å²) in [5.74, 6) is -4.10. The average Bonchev–Trinajstić information content (AvgIpc) is 2.97. The van der Waals surface area contributed by atoms with E-state index in [2.05, 4.69) is 6.58 Å². The van der Waals surface area contributed by atoms with Crippen LogP contribution in [0.2, 0.25) is 0 Å². The standard InChI is InChI=1S/C37H46O11/c1-20-27-18-37(43)19-29(44-22(3)38)21(2)32(35(37,7)8)33(46-24(5)40)34(47-25(6)41)36(27,9)30(45-23(4)39)17-28(20)48-31(42)16-15-26-13-11-10-12-14-26/h10-16,27-30,33-34,43H,1,17-19H2,2-9H3. The molecule has 3 aliphatic carbocycles. The molecule has 2 bridgehead atoms. The number of hydrogen-bond acceptors (Lipinski definition) is 11. The number of hydrogen-bond donors (Lipinski definition) is 1. The van der Waals surface area contributed by atoms with Crippen LogP contribution in [0, 0.1) is 16.7 Å². The third-order valence-electron chi connectivity index (χ3n) is 10.4. The molecule has 11 nitrogen and oxygen atoms in total. The van der Waals surface area contributed by atoms with E-state index in [1.165, 1.54) is 33.8 Å². The Morgan fingerprint density at radius 2 is 1.40 bits per heavy atom. The summed E-state index contributed by atoms with van der Waals surface area (Å²) in [6.07, 6.45) is -2.69. The van der Waals surface area contributed by atoms with Gasteiger partial charge in [0.25, 0.3) is 0 Å². The zero-order valence-electron chi connectivity index (χ0n) is 28.9. The highest BCUT2D eigenvalue weighted by Crippen LogP contribution is 2.62. The molecule has 0 saturated heterocycles. The highest BCUT2D eigenvalue weighted by molar-refractivity contribution is 5.87. The van der Waals surface area contributed by atoms with E-state index in [0.717, 1.165) is 5.56 Å². The second kappa shape index (κ2) is 13.7. The zero-order valence-corrected chi connectivity index (χ0v) is 28.9. The number of esters is 5. The third-order valence-corrected chi connectivity index (χ3v) is 10.4. The van der Waals surface area contributed by atoms with Gasteiger partial charge in [-0.25, -0.2) is 4.79 Å². The Morgan fingerprint density at radius 3 is 1.96 bits per heavy atom. The molecule has 0 spiro atoms. The molecule has 1 N–H and O–H groups in total. The van der Waals surface area contributed by atoms with Crippen LogP contribution in [0.25, 0.3) is 6.08 Å². The van der Waals surface area contributed by atoms with Crippen LogP contribution in [0.5, 0.6) is 0 Å². The first-order valence-electron chi connectivity index (χ1n) is 16.1. The minimum Gasteiger partial charge on any atom is -0.462 e. The van der Waals surface area contributed by atoms with Crippen LogP contribution < -0.4 is 0 Å². The van der Waals surface area contributed by atoms with Crippen LogP contribution in [0.15, 0.2) is 59.7 Å². The van der Waals surface area contributed by atoms with E-state index in [1.807, 2.05) is 30.3 Å². The average molecular weight is 667 g/mol. The summed E-state index contributed by atoms with van der Waals surface area (Å²) >= 11 is 0. The largest absolute Gasteiger partial charge is 0.462 e. The van der Waals surface area contributed by atoms with Gasteiger partial charge in [-0.05, 0) is 47.6 Å². The monoisotopic (exact) mass is 666 g/mol. The Bertz CT molecular complexity index is 1540. The van der Waals surface area contributed by atoms with E-state index in [-0.39, 0.29) is 19.3 Å². The van der Waals surface area contributed by atoms with Crippen molar-refractivity contribution in [1.82, 2.24) is 0 Å². The molecule has 11 heteroatoms. The van der Waals surface area contributed by atoms with Crippen LogP contribution in [0.1, 0.15) is 80.2 Å². The van der Waals surface area contributed by atoms with Crippen molar-refractivity contribution < 1.29 is 52.8 Å². The molecular formula is C37H46O11. The summed E-state index contributed by atoms with van der Waals surface area (Å²) in [7, 11) is 0. The van der Waals surface area contributed by atoms with Gasteiger partial charge in [-0.3, -0.25) is 19.2 Å². The SMILES string of the molecule is C=C1C(OC(=O)C=Cc2ccccc2)CC(OC(C)=O)C2(C)C1CC1(O)CC(OC(C)=O)C(C)=C(C(OC(C)=O)C2OC(C)=O)C1(C)C. The molecule has 2 fully saturated rings. The lowest BCUT2D eigenvalue weighted by Crippen LogP contribution is -2.68. The van der Waals surface area contributed by atoms with Gasteiger partial charge in [0.05, 0.1) is 11.0 Å². The lowest BCUT2D eigenvalue weighted by molar-refractivity contribution is -0.224. The molecule has 0 heterocycles. The number of carbonyl (C=O) groups is 5. The first-order chi connectivity index (χ1) is 22.3. The van der Waals surface area contributed by atoms with Crippen molar-refractivity contribution in [3.8, 4) is 0 Å². The van der Waals surface area contributed by atoms with Gasteiger partial charge < -0.3 is 28.8 Å². The molecule has 2 saturated carbocycles. The second-order valence-corrected chi connectivity index (χ2v) is 13.8. The van der Waals surface area contributed by atoms with E-state index in [9.17, 15) is 29.1 Å². The smallest absolute Gasteiger partial charge is 0.331 e. The molecule has 0 aromatic heterocycles. The molecule has 260 valence electrons. The van der Waals surface area contributed by atoms with E-state index in [1.54, 1.807) is 33.8 Å². The Hall–Kier alpha value is -4.25. The zero-order chi connectivity index (χ0) is 35.8. The number of carbonyl (C=O) groups excluding carboxylic acids is 5.